The van der Waals surface area contributed by atoms with Gasteiger partial charge in [0.05, 0.1) is 0 Å². The van der Waals surface area contributed by atoms with Gasteiger partial charge in [-0.1, -0.05) is 97.1 Å². The number of carbonyl (C=O) groups is 2. The van der Waals surface area contributed by atoms with E-state index in [0.717, 1.165) is 33.0 Å². The van der Waals surface area contributed by atoms with Crippen LogP contribution in [0.15, 0.2) is 97.1 Å². The van der Waals surface area contributed by atoms with Gasteiger partial charge in [0, 0.05) is 19.5 Å². The van der Waals surface area contributed by atoms with Crippen molar-refractivity contribution in [1.29, 1.82) is 0 Å². The van der Waals surface area contributed by atoms with Crippen LogP contribution in [0.3, 0.4) is 0 Å². The maximum Gasteiger partial charge on any atom is 0.246 e. The third kappa shape index (κ3) is 4.43. The first-order chi connectivity index (χ1) is 16.6. The molecule has 4 aromatic rings. The average molecular weight is 450 g/mol. The summed E-state index contributed by atoms with van der Waals surface area (Å²) in [7, 11) is 0. The molecule has 3 N–H and O–H groups in total. The smallest absolute Gasteiger partial charge is 0.246 e. The Bertz CT molecular complexity index is 1320. The predicted molar refractivity (Wildman–Crippen MR) is 135 cm³/mol. The van der Waals surface area contributed by atoms with Crippen LogP contribution in [0, 0.1) is 0 Å². The van der Waals surface area contributed by atoms with Crippen LogP contribution in [0.25, 0.3) is 21.9 Å². The van der Waals surface area contributed by atoms with Crippen LogP contribution in [0.5, 0.6) is 0 Å². The van der Waals surface area contributed by atoms with Gasteiger partial charge in [-0.05, 0) is 33.0 Å². The second-order valence-electron chi connectivity index (χ2n) is 8.73. The lowest BCUT2D eigenvalue weighted by atomic mass is 9.97. The molecule has 5 rings (SSSR count). The van der Waals surface area contributed by atoms with Gasteiger partial charge in [0.1, 0.15) is 12.1 Å². The summed E-state index contributed by atoms with van der Waals surface area (Å²) in [6.07, 6.45) is 0.441. The van der Waals surface area contributed by atoms with E-state index in [9.17, 15) is 9.59 Å². The standard InChI is InChI=1S/C29H27N3O2/c30-18-27-28(33)31-26(17-21-12-15-23-8-4-5-9-25(23)16-21)29(34)32(27)19-20-10-13-24(14-11-20)22-6-2-1-3-7-22/h1-16,26-27H,17-19,30H2,(H,31,33)/t26-,27-/m0/s1. The average Bonchev–Trinajstić information content (AvgIpc) is 2.88. The Kier molecular flexibility index (Phi) is 6.11. The van der Waals surface area contributed by atoms with Crippen molar-refractivity contribution in [3.63, 3.8) is 0 Å². The van der Waals surface area contributed by atoms with Gasteiger partial charge in [-0.25, -0.2) is 0 Å². The van der Waals surface area contributed by atoms with E-state index in [1.165, 1.54) is 0 Å². The fourth-order valence-electron chi connectivity index (χ4n) is 4.62. The van der Waals surface area contributed by atoms with E-state index in [-0.39, 0.29) is 18.4 Å². The summed E-state index contributed by atoms with van der Waals surface area (Å²) in [6.45, 7) is 0.430. The molecular weight excluding hydrogens is 422 g/mol. The van der Waals surface area contributed by atoms with Gasteiger partial charge in [-0.15, -0.1) is 0 Å². The first kappa shape index (κ1) is 21.9. The summed E-state index contributed by atoms with van der Waals surface area (Å²) < 4.78 is 0. The Morgan fingerprint density at radius 2 is 1.38 bits per heavy atom. The zero-order chi connectivity index (χ0) is 23.5. The molecule has 0 bridgehead atoms. The molecule has 1 aliphatic rings. The zero-order valence-electron chi connectivity index (χ0n) is 18.9. The van der Waals surface area contributed by atoms with Crippen molar-refractivity contribution in [2.24, 2.45) is 5.73 Å². The van der Waals surface area contributed by atoms with Crippen LogP contribution < -0.4 is 11.1 Å². The fourth-order valence-corrected chi connectivity index (χ4v) is 4.62. The van der Waals surface area contributed by atoms with Gasteiger partial charge in [0.15, 0.2) is 0 Å². The summed E-state index contributed by atoms with van der Waals surface area (Å²) in [6, 6.07) is 31.2. The minimum absolute atomic E-state index is 0.0857. The SMILES string of the molecule is NC[C@H]1C(=O)N[C@@H](Cc2ccc3ccccc3c2)C(=O)N1Cc1ccc(-c2ccccc2)cc1. The third-order valence-electron chi connectivity index (χ3n) is 6.47. The molecule has 5 heteroatoms. The van der Waals surface area contributed by atoms with Crippen molar-refractivity contribution in [2.45, 2.75) is 25.0 Å². The van der Waals surface area contributed by atoms with Gasteiger partial charge in [0.25, 0.3) is 0 Å². The number of benzene rings is 4. The maximum atomic E-state index is 13.5. The number of nitrogens with two attached hydrogens (primary N) is 1. The monoisotopic (exact) mass is 449 g/mol. The number of nitrogens with one attached hydrogen (secondary N) is 1. The lowest BCUT2D eigenvalue weighted by Gasteiger charge is -2.38. The summed E-state index contributed by atoms with van der Waals surface area (Å²) in [5, 5.41) is 5.16. The Hall–Kier alpha value is -3.96. The number of fused-ring (bicyclic) bond motifs is 1. The Balaban J connectivity index is 1.35. The molecule has 0 spiro atoms. The normalized spacial score (nSPS) is 18.2. The highest BCUT2D eigenvalue weighted by Crippen LogP contribution is 2.23. The highest BCUT2D eigenvalue weighted by atomic mass is 16.2. The maximum absolute atomic E-state index is 13.5. The molecular formula is C29H27N3O2. The minimum Gasteiger partial charge on any atom is -0.342 e. The van der Waals surface area contributed by atoms with Crippen molar-refractivity contribution in [3.8, 4) is 11.1 Å². The number of hydrogen-bond acceptors (Lipinski definition) is 3. The molecule has 170 valence electrons. The van der Waals surface area contributed by atoms with Gasteiger partial charge >= 0.3 is 0 Å². The van der Waals surface area contributed by atoms with Crippen molar-refractivity contribution < 1.29 is 9.59 Å². The highest BCUT2D eigenvalue weighted by Gasteiger charge is 2.39. The van der Waals surface area contributed by atoms with Crippen molar-refractivity contribution >= 4 is 22.6 Å². The van der Waals surface area contributed by atoms with Crippen LogP contribution in [-0.2, 0) is 22.6 Å². The molecule has 1 heterocycles. The molecule has 1 aliphatic heterocycles. The number of piperazine rings is 1. The molecule has 0 aromatic heterocycles. The molecule has 1 fully saturated rings. The molecule has 0 aliphatic carbocycles. The van der Waals surface area contributed by atoms with Crippen LogP contribution in [0.2, 0.25) is 0 Å². The summed E-state index contributed by atoms with van der Waals surface area (Å²) in [4.78, 5) is 27.9. The van der Waals surface area contributed by atoms with Crippen LogP contribution in [0.4, 0.5) is 0 Å². The van der Waals surface area contributed by atoms with Crippen molar-refractivity contribution in [1.82, 2.24) is 10.2 Å². The molecule has 0 radical (unpaired) electrons. The Labute approximate surface area is 199 Å². The molecule has 5 nitrogen and oxygen atoms in total. The van der Waals surface area contributed by atoms with Crippen LogP contribution >= 0.6 is 0 Å². The van der Waals surface area contributed by atoms with E-state index >= 15 is 0 Å². The van der Waals surface area contributed by atoms with E-state index in [0.29, 0.717) is 13.0 Å². The van der Waals surface area contributed by atoms with Crippen LogP contribution in [-0.4, -0.2) is 35.3 Å². The number of rotatable bonds is 6. The minimum atomic E-state index is -0.672. The van der Waals surface area contributed by atoms with Crippen molar-refractivity contribution in [3.05, 3.63) is 108 Å². The molecule has 1 saturated heterocycles. The second kappa shape index (κ2) is 9.49. The quantitative estimate of drug-likeness (QED) is 0.469. The van der Waals surface area contributed by atoms with E-state index in [1.54, 1.807) is 4.90 Å². The van der Waals surface area contributed by atoms with E-state index in [1.807, 2.05) is 60.7 Å². The number of hydrogen-bond donors (Lipinski definition) is 2. The van der Waals surface area contributed by atoms with Gasteiger partial charge in [0.2, 0.25) is 11.8 Å². The fraction of sp³-hybridized carbons (Fsp3) is 0.172. The Morgan fingerprint density at radius 3 is 2.12 bits per heavy atom. The van der Waals surface area contributed by atoms with Gasteiger partial charge < -0.3 is 16.0 Å². The molecule has 2 amide bonds. The van der Waals surface area contributed by atoms with E-state index < -0.39 is 12.1 Å². The first-order valence-electron chi connectivity index (χ1n) is 11.6. The number of nitrogens with zero attached hydrogens (tertiary/aromatic N) is 1. The van der Waals surface area contributed by atoms with Gasteiger partial charge in [-0.2, -0.15) is 0 Å². The highest BCUT2D eigenvalue weighted by molar-refractivity contribution is 5.97. The molecule has 0 saturated carbocycles. The number of amides is 2. The lowest BCUT2D eigenvalue weighted by Crippen LogP contribution is -2.65. The largest absolute Gasteiger partial charge is 0.342 e. The molecule has 4 aromatic carbocycles. The van der Waals surface area contributed by atoms with E-state index in [2.05, 4.69) is 41.7 Å². The van der Waals surface area contributed by atoms with E-state index in [4.69, 9.17) is 5.73 Å². The summed E-state index contributed by atoms with van der Waals surface area (Å²) in [5.41, 5.74) is 10.1. The molecule has 34 heavy (non-hydrogen) atoms. The second-order valence-corrected chi connectivity index (χ2v) is 8.73. The third-order valence-corrected chi connectivity index (χ3v) is 6.47. The first-order valence-corrected chi connectivity index (χ1v) is 11.6. The summed E-state index contributed by atoms with van der Waals surface area (Å²) >= 11 is 0. The molecule has 2 atom stereocenters. The Morgan fingerprint density at radius 1 is 0.735 bits per heavy atom. The lowest BCUT2D eigenvalue weighted by molar-refractivity contribution is -0.149. The number of carbonyl (C=O) groups excluding carboxylic acids is 2. The predicted octanol–water partition coefficient (Wildman–Crippen LogP) is 3.90. The molecule has 0 unspecified atom stereocenters. The van der Waals surface area contributed by atoms with Gasteiger partial charge in [-0.3, -0.25) is 9.59 Å². The van der Waals surface area contributed by atoms with Crippen LogP contribution in [0.1, 0.15) is 11.1 Å². The summed E-state index contributed by atoms with van der Waals surface area (Å²) in [5.74, 6) is -0.302. The zero-order valence-corrected chi connectivity index (χ0v) is 18.9. The van der Waals surface area contributed by atoms with Crippen molar-refractivity contribution in [2.75, 3.05) is 6.54 Å². The topological polar surface area (TPSA) is 75.4 Å².